The standard InChI is InChI=1S/C16H9BrFNO2/c17-13-7-2-1-6-12(13)15-19-14(16(20)21-15)9-10-4-3-5-11(18)8-10/h1-9H/b14-9-. The van der Waals surface area contributed by atoms with E-state index in [9.17, 15) is 9.18 Å². The molecular weight excluding hydrogens is 337 g/mol. The molecule has 0 spiro atoms. The van der Waals surface area contributed by atoms with E-state index in [-0.39, 0.29) is 17.4 Å². The SMILES string of the molecule is O=C1OC(c2ccccc2Br)=N/C1=C\c1cccc(F)c1. The molecule has 1 heterocycles. The van der Waals surface area contributed by atoms with E-state index in [0.29, 0.717) is 11.1 Å². The van der Waals surface area contributed by atoms with Crippen molar-refractivity contribution >= 4 is 33.9 Å². The molecule has 2 aromatic carbocycles. The molecule has 1 aliphatic rings. The fourth-order valence-corrected chi connectivity index (χ4v) is 2.37. The molecular formula is C16H9BrFNO2. The summed E-state index contributed by atoms with van der Waals surface area (Å²) in [4.78, 5) is 16.0. The van der Waals surface area contributed by atoms with Crippen molar-refractivity contribution in [3.8, 4) is 0 Å². The lowest BCUT2D eigenvalue weighted by atomic mass is 10.2. The molecule has 5 heteroatoms. The number of halogens is 2. The van der Waals surface area contributed by atoms with Crippen LogP contribution < -0.4 is 0 Å². The fourth-order valence-electron chi connectivity index (χ4n) is 1.91. The minimum atomic E-state index is -0.551. The van der Waals surface area contributed by atoms with Gasteiger partial charge in [-0.15, -0.1) is 0 Å². The molecule has 0 unspecified atom stereocenters. The first-order valence-electron chi connectivity index (χ1n) is 6.16. The molecule has 21 heavy (non-hydrogen) atoms. The van der Waals surface area contributed by atoms with Gasteiger partial charge >= 0.3 is 5.97 Å². The zero-order chi connectivity index (χ0) is 14.8. The summed E-state index contributed by atoms with van der Waals surface area (Å²) in [6, 6.07) is 13.2. The van der Waals surface area contributed by atoms with Gasteiger partial charge in [0.15, 0.2) is 5.70 Å². The molecule has 0 saturated carbocycles. The monoisotopic (exact) mass is 345 g/mol. The molecule has 0 fully saturated rings. The molecule has 0 radical (unpaired) electrons. The first kappa shape index (κ1) is 13.7. The van der Waals surface area contributed by atoms with Crippen LogP contribution in [0.5, 0.6) is 0 Å². The molecule has 0 aromatic heterocycles. The van der Waals surface area contributed by atoms with Crippen molar-refractivity contribution in [1.29, 1.82) is 0 Å². The number of nitrogens with zero attached hydrogens (tertiary/aromatic N) is 1. The lowest BCUT2D eigenvalue weighted by molar-refractivity contribution is -0.129. The van der Waals surface area contributed by atoms with Crippen molar-refractivity contribution in [1.82, 2.24) is 0 Å². The lowest BCUT2D eigenvalue weighted by Gasteiger charge is -2.01. The molecule has 3 rings (SSSR count). The Morgan fingerprint density at radius 2 is 1.95 bits per heavy atom. The second-order valence-corrected chi connectivity index (χ2v) is 5.23. The van der Waals surface area contributed by atoms with E-state index in [2.05, 4.69) is 20.9 Å². The van der Waals surface area contributed by atoms with Crippen LogP contribution in [-0.2, 0) is 9.53 Å². The van der Waals surface area contributed by atoms with Gasteiger partial charge in [-0.05, 0) is 51.8 Å². The van der Waals surface area contributed by atoms with Gasteiger partial charge in [0.2, 0.25) is 5.90 Å². The Bertz CT molecular complexity index is 783. The van der Waals surface area contributed by atoms with E-state index >= 15 is 0 Å². The summed E-state index contributed by atoms with van der Waals surface area (Å²) in [6.07, 6.45) is 1.50. The fraction of sp³-hybridized carbons (Fsp3) is 0. The summed E-state index contributed by atoms with van der Waals surface area (Å²) in [5, 5.41) is 0. The Morgan fingerprint density at radius 3 is 2.71 bits per heavy atom. The minimum Gasteiger partial charge on any atom is -0.402 e. The van der Waals surface area contributed by atoms with Crippen molar-refractivity contribution in [3.63, 3.8) is 0 Å². The topological polar surface area (TPSA) is 38.7 Å². The number of esters is 1. The first-order valence-corrected chi connectivity index (χ1v) is 6.96. The largest absolute Gasteiger partial charge is 0.402 e. The van der Waals surface area contributed by atoms with E-state index in [0.717, 1.165) is 4.47 Å². The molecule has 0 saturated heterocycles. The van der Waals surface area contributed by atoms with Gasteiger partial charge in [-0.25, -0.2) is 14.2 Å². The van der Waals surface area contributed by atoms with Gasteiger partial charge in [-0.3, -0.25) is 0 Å². The van der Waals surface area contributed by atoms with Gasteiger partial charge in [0.05, 0.1) is 5.56 Å². The van der Waals surface area contributed by atoms with Crippen LogP contribution in [0, 0.1) is 5.82 Å². The molecule has 0 bridgehead atoms. The number of hydrogen-bond acceptors (Lipinski definition) is 3. The predicted molar refractivity (Wildman–Crippen MR) is 81.1 cm³/mol. The van der Waals surface area contributed by atoms with Crippen molar-refractivity contribution in [2.24, 2.45) is 4.99 Å². The first-order chi connectivity index (χ1) is 10.1. The predicted octanol–water partition coefficient (Wildman–Crippen LogP) is 3.93. The van der Waals surface area contributed by atoms with Crippen molar-refractivity contribution in [3.05, 3.63) is 75.6 Å². The zero-order valence-corrected chi connectivity index (χ0v) is 12.3. The quantitative estimate of drug-likeness (QED) is 0.610. The highest BCUT2D eigenvalue weighted by Gasteiger charge is 2.25. The molecule has 2 aromatic rings. The maximum atomic E-state index is 13.1. The van der Waals surface area contributed by atoms with Gasteiger partial charge in [-0.1, -0.05) is 24.3 Å². The number of ether oxygens (including phenoxy) is 1. The Kier molecular flexibility index (Phi) is 3.66. The molecule has 3 nitrogen and oxygen atoms in total. The lowest BCUT2D eigenvalue weighted by Crippen LogP contribution is -2.05. The number of aliphatic imine (C=N–C) groups is 1. The van der Waals surface area contributed by atoms with Gasteiger partial charge in [0, 0.05) is 4.47 Å². The number of hydrogen-bond donors (Lipinski definition) is 0. The average Bonchev–Trinajstić information content (AvgIpc) is 2.80. The molecule has 1 aliphatic heterocycles. The zero-order valence-electron chi connectivity index (χ0n) is 10.7. The van der Waals surface area contributed by atoms with E-state index < -0.39 is 5.97 Å². The van der Waals surface area contributed by atoms with E-state index in [4.69, 9.17) is 4.74 Å². The second-order valence-electron chi connectivity index (χ2n) is 4.37. The minimum absolute atomic E-state index is 0.145. The maximum absolute atomic E-state index is 13.1. The van der Waals surface area contributed by atoms with Crippen molar-refractivity contribution in [2.75, 3.05) is 0 Å². The third-order valence-corrected chi connectivity index (χ3v) is 3.57. The van der Waals surface area contributed by atoms with Crippen LogP contribution in [0.3, 0.4) is 0 Å². The van der Waals surface area contributed by atoms with E-state index in [1.54, 1.807) is 18.2 Å². The van der Waals surface area contributed by atoms with E-state index in [1.165, 1.54) is 18.2 Å². The van der Waals surface area contributed by atoms with Gasteiger partial charge < -0.3 is 4.74 Å². The summed E-state index contributed by atoms with van der Waals surface area (Å²) in [7, 11) is 0. The molecule has 0 N–H and O–H groups in total. The maximum Gasteiger partial charge on any atom is 0.363 e. The Balaban J connectivity index is 1.98. The molecule has 0 amide bonds. The van der Waals surface area contributed by atoms with Crippen LogP contribution in [0.4, 0.5) is 4.39 Å². The molecule has 104 valence electrons. The van der Waals surface area contributed by atoms with Gasteiger partial charge in [0.25, 0.3) is 0 Å². The van der Waals surface area contributed by atoms with Crippen LogP contribution in [-0.4, -0.2) is 11.9 Å². The van der Waals surface area contributed by atoms with Gasteiger partial charge in [-0.2, -0.15) is 0 Å². The smallest absolute Gasteiger partial charge is 0.363 e. The Labute approximate surface area is 128 Å². The summed E-state index contributed by atoms with van der Waals surface area (Å²) in [6.45, 7) is 0. The third-order valence-electron chi connectivity index (χ3n) is 2.88. The highest BCUT2D eigenvalue weighted by Crippen LogP contribution is 2.23. The highest BCUT2D eigenvalue weighted by molar-refractivity contribution is 9.10. The average molecular weight is 346 g/mol. The number of carbonyl (C=O) groups is 1. The Morgan fingerprint density at radius 1 is 1.14 bits per heavy atom. The summed E-state index contributed by atoms with van der Waals surface area (Å²) in [5.41, 5.74) is 1.39. The van der Waals surface area contributed by atoms with E-state index in [1.807, 2.05) is 18.2 Å². The summed E-state index contributed by atoms with van der Waals surface area (Å²) < 4.78 is 19.1. The normalized spacial score (nSPS) is 16.0. The van der Waals surface area contributed by atoms with Crippen LogP contribution in [0.15, 0.2) is 63.7 Å². The number of cyclic esters (lactones) is 1. The number of carbonyl (C=O) groups excluding carboxylic acids is 1. The van der Waals surface area contributed by atoms with Crippen molar-refractivity contribution in [2.45, 2.75) is 0 Å². The summed E-state index contributed by atoms with van der Waals surface area (Å²) in [5.74, 6) is -0.689. The summed E-state index contributed by atoms with van der Waals surface area (Å²) >= 11 is 3.38. The number of rotatable bonds is 2. The third kappa shape index (κ3) is 2.92. The van der Waals surface area contributed by atoms with Crippen LogP contribution in [0.1, 0.15) is 11.1 Å². The van der Waals surface area contributed by atoms with Crippen molar-refractivity contribution < 1.29 is 13.9 Å². The Hall–Kier alpha value is -2.27. The van der Waals surface area contributed by atoms with Crippen LogP contribution in [0.25, 0.3) is 6.08 Å². The van der Waals surface area contributed by atoms with Crippen LogP contribution >= 0.6 is 15.9 Å². The second kappa shape index (κ2) is 5.61. The number of benzene rings is 2. The van der Waals surface area contributed by atoms with Crippen LogP contribution in [0.2, 0.25) is 0 Å². The molecule has 0 atom stereocenters. The van der Waals surface area contributed by atoms with Gasteiger partial charge in [0.1, 0.15) is 5.82 Å². The highest BCUT2D eigenvalue weighted by atomic mass is 79.9. The molecule has 0 aliphatic carbocycles.